The summed E-state index contributed by atoms with van der Waals surface area (Å²) in [5, 5.41) is 9.01. The smallest absolute Gasteiger partial charge is 0.119 e. The lowest BCUT2D eigenvalue weighted by molar-refractivity contribution is 0.282. The van der Waals surface area contributed by atoms with Crippen molar-refractivity contribution < 1.29 is 9.84 Å². The van der Waals surface area contributed by atoms with Gasteiger partial charge in [0.1, 0.15) is 5.75 Å². The standard InChI is InChI=1S/C19H24O2S/c1-2-16-8-10-19(11-9-16)21-12-3-13-22-15-18-6-4-17(14-20)5-7-18/h4-11,20H,2-3,12-15H2,1H3. The van der Waals surface area contributed by atoms with Crippen LogP contribution in [-0.2, 0) is 18.8 Å². The Kier molecular flexibility index (Phi) is 7.34. The fraction of sp³-hybridized carbons (Fsp3) is 0.368. The van der Waals surface area contributed by atoms with Gasteiger partial charge in [-0.15, -0.1) is 0 Å². The third kappa shape index (κ3) is 5.74. The molecule has 0 heterocycles. The molecule has 0 saturated carbocycles. The van der Waals surface area contributed by atoms with E-state index < -0.39 is 0 Å². The number of aliphatic hydroxyl groups is 1. The lowest BCUT2D eigenvalue weighted by atomic mass is 10.2. The van der Waals surface area contributed by atoms with Crippen molar-refractivity contribution in [3.63, 3.8) is 0 Å². The molecule has 2 nitrogen and oxygen atoms in total. The van der Waals surface area contributed by atoms with Crippen LogP contribution in [0, 0.1) is 0 Å². The van der Waals surface area contributed by atoms with E-state index in [1.165, 1.54) is 11.1 Å². The zero-order valence-electron chi connectivity index (χ0n) is 13.1. The first-order valence-electron chi connectivity index (χ1n) is 7.80. The Morgan fingerprint density at radius 3 is 2.18 bits per heavy atom. The van der Waals surface area contributed by atoms with Crippen molar-refractivity contribution in [1.29, 1.82) is 0 Å². The number of aryl methyl sites for hydroxylation is 1. The molecule has 0 aliphatic rings. The molecule has 22 heavy (non-hydrogen) atoms. The lowest BCUT2D eigenvalue weighted by Gasteiger charge is -2.07. The molecule has 0 saturated heterocycles. The number of thioether (sulfide) groups is 1. The Bertz CT molecular complexity index is 483. The predicted octanol–water partition coefficient (Wildman–Crippen LogP) is 4.44. The fourth-order valence-electron chi connectivity index (χ4n) is 2.10. The van der Waals surface area contributed by atoms with Crippen LogP contribution in [0.25, 0.3) is 0 Å². The molecule has 0 aliphatic heterocycles. The Labute approximate surface area is 137 Å². The van der Waals surface area contributed by atoms with Crippen LogP contribution in [0.15, 0.2) is 48.5 Å². The Morgan fingerprint density at radius 1 is 0.909 bits per heavy atom. The molecule has 118 valence electrons. The first-order valence-corrected chi connectivity index (χ1v) is 8.95. The lowest BCUT2D eigenvalue weighted by Crippen LogP contribution is -1.99. The minimum atomic E-state index is 0.115. The number of ether oxygens (including phenoxy) is 1. The molecule has 0 unspecified atom stereocenters. The normalized spacial score (nSPS) is 10.6. The van der Waals surface area contributed by atoms with Crippen molar-refractivity contribution in [2.45, 2.75) is 32.1 Å². The monoisotopic (exact) mass is 316 g/mol. The molecule has 0 bridgehead atoms. The van der Waals surface area contributed by atoms with E-state index >= 15 is 0 Å². The maximum atomic E-state index is 9.01. The van der Waals surface area contributed by atoms with E-state index in [4.69, 9.17) is 9.84 Å². The first kappa shape index (κ1) is 16.9. The molecule has 2 aromatic rings. The van der Waals surface area contributed by atoms with Crippen LogP contribution in [0.5, 0.6) is 5.75 Å². The van der Waals surface area contributed by atoms with E-state index in [9.17, 15) is 0 Å². The summed E-state index contributed by atoms with van der Waals surface area (Å²) in [7, 11) is 0. The van der Waals surface area contributed by atoms with Crippen molar-refractivity contribution in [3.8, 4) is 5.75 Å². The summed E-state index contributed by atoms with van der Waals surface area (Å²) in [6, 6.07) is 16.5. The highest BCUT2D eigenvalue weighted by Gasteiger charge is 1.97. The molecule has 2 rings (SSSR count). The molecule has 0 fully saturated rings. The number of hydrogen-bond donors (Lipinski definition) is 1. The molecule has 0 radical (unpaired) electrons. The molecular formula is C19H24O2S. The summed E-state index contributed by atoms with van der Waals surface area (Å²) in [6.07, 6.45) is 2.12. The maximum Gasteiger partial charge on any atom is 0.119 e. The fourth-order valence-corrected chi connectivity index (χ4v) is 3.00. The summed E-state index contributed by atoms with van der Waals surface area (Å²) >= 11 is 1.92. The number of hydrogen-bond acceptors (Lipinski definition) is 3. The second-order valence-corrected chi connectivity index (χ2v) is 6.33. The number of rotatable bonds is 9. The van der Waals surface area contributed by atoms with Gasteiger partial charge in [-0.3, -0.25) is 0 Å². The first-order chi connectivity index (χ1) is 10.8. The van der Waals surface area contributed by atoms with Gasteiger partial charge < -0.3 is 9.84 Å². The third-order valence-corrected chi connectivity index (χ3v) is 4.62. The van der Waals surface area contributed by atoms with Gasteiger partial charge in [-0.05, 0) is 47.4 Å². The molecule has 0 spiro atoms. The molecule has 3 heteroatoms. The second-order valence-electron chi connectivity index (χ2n) is 5.23. The Morgan fingerprint density at radius 2 is 1.55 bits per heavy atom. The zero-order valence-corrected chi connectivity index (χ0v) is 13.9. The van der Waals surface area contributed by atoms with Gasteiger partial charge in [-0.25, -0.2) is 0 Å². The molecule has 1 N–H and O–H groups in total. The van der Waals surface area contributed by atoms with Gasteiger partial charge in [-0.1, -0.05) is 43.3 Å². The van der Waals surface area contributed by atoms with Crippen LogP contribution in [0.3, 0.4) is 0 Å². The summed E-state index contributed by atoms with van der Waals surface area (Å²) < 4.78 is 5.75. The maximum absolute atomic E-state index is 9.01. The van der Waals surface area contributed by atoms with E-state index in [2.05, 4.69) is 43.3 Å². The minimum absolute atomic E-state index is 0.115. The van der Waals surface area contributed by atoms with Crippen LogP contribution in [0.4, 0.5) is 0 Å². The molecule has 0 amide bonds. The summed E-state index contributed by atoms with van der Waals surface area (Å²) in [5.74, 6) is 3.06. The number of aliphatic hydroxyl groups excluding tert-OH is 1. The highest BCUT2D eigenvalue weighted by atomic mass is 32.2. The van der Waals surface area contributed by atoms with Crippen molar-refractivity contribution in [2.24, 2.45) is 0 Å². The summed E-state index contributed by atoms with van der Waals surface area (Å²) in [6.45, 7) is 3.04. The van der Waals surface area contributed by atoms with E-state index in [1.807, 2.05) is 23.9 Å². The minimum Gasteiger partial charge on any atom is -0.494 e. The number of benzene rings is 2. The second kappa shape index (κ2) is 9.54. The highest BCUT2D eigenvalue weighted by molar-refractivity contribution is 7.98. The van der Waals surface area contributed by atoms with Crippen LogP contribution in [0.1, 0.15) is 30.0 Å². The van der Waals surface area contributed by atoms with Gasteiger partial charge >= 0.3 is 0 Å². The summed E-state index contributed by atoms with van der Waals surface area (Å²) in [5.41, 5.74) is 3.62. The topological polar surface area (TPSA) is 29.5 Å². The zero-order chi connectivity index (χ0) is 15.6. The van der Waals surface area contributed by atoms with E-state index in [0.29, 0.717) is 0 Å². The molecular weight excluding hydrogens is 292 g/mol. The Hall–Kier alpha value is -1.45. The van der Waals surface area contributed by atoms with Crippen molar-refractivity contribution in [2.75, 3.05) is 12.4 Å². The van der Waals surface area contributed by atoms with Crippen LogP contribution in [-0.4, -0.2) is 17.5 Å². The Balaban J connectivity index is 1.58. The van der Waals surface area contributed by atoms with Gasteiger partial charge in [0.15, 0.2) is 0 Å². The van der Waals surface area contributed by atoms with E-state index in [0.717, 1.165) is 42.3 Å². The van der Waals surface area contributed by atoms with Crippen molar-refractivity contribution >= 4 is 11.8 Å². The highest BCUT2D eigenvalue weighted by Crippen LogP contribution is 2.16. The SMILES string of the molecule is CCc1ccc(OCCCSCc2ccc(CO)cc2)cc1. The molecule has 0 aromatic heterocycles. The third-order valence-electron chi connectivity index (χ3n) is 3.51. The quantitative estimate of drug-likeness (QED) is 0.693. The predicted molar refractivity (Wildman–Crippen MR) is 94.5 cm³/mol. The van der Waals surface area contributed by atoms with Crippen LogP contribution in [0.2, 0.25) is 0 Å². The van der Waals surface area contributed by atoms with Gasteiger partial charge in [0.05, 0.1) is 13.2 Å². The average molecular weight is 316 g/mol. The molecule has 0 atom stereocenters. The van der Waals surface area contributed by atoms with Gasteiger partial charge in [0, 0.05) is 5.75 Å². The molecule has 0 aliphatic carbocycles. The van der Waals surface area contributed by atoms with Crippen molar-refractivity contribution in [1.82, 2.24) is 0 Å². The van der Waals surface area contributed by atoms with E-state index in [1.54, 1.807) is 0 Å². The van der Waals surface area contributed by atoms with Crippen molar-refractivity contribution in [3.05, 3.63) is 65.2 Å². The van der Waals surface area contributed by atoms with Gasteiger partial charge in [0.25, 0.3) is 0 Å². The van der Waals surface area contributed by atoms with Gasteiger partial charge in [-0.2, -0.15) is 11.8 Å². The van der Waals surface area contributed by atoms with E-state index in [-0.39, 0.29) is 6.61 Å². The average Bonchev–Trinajstić information content (AvgIpc) is 2.59. The van der Waals surface area contributed by atoms with Crippen LogP contribution < -0.4 is 4.74 Å². The molecule has 2 aromatic carbocycles. The largest absolute Gasteiger partial charge is 0.494 e. The van der Waals surface area contributed by atoms with Crippen LogP contribution >= 0.6 is 11.8 Å². The summed E-state index contributed by atoms with van der Waals surface area (Å²) in [4.78, 5) is 0. The van der Waals surface area contributed by atoms with Gasteiger partial charge in [0.2, 0.25) is 0 Å².